The van der Waals surface area contributed by atoms with E-state index in [1.54, 1.807) is 0 Å². The van der Waals surface area contributed by atoms with E-state index < -0.39 is 0 Å². The average Bonchev–Trinajstić information content (AvgIpc) is 2.03. The maximum atomic E-state index is 6.01. The molecule has 0 heterocycles. The minimum Gasteiger partial charge on any atom is -0.491 e. The topological polar surface area (TPSA) is 9.23 Å². The van der Waals surface area contributed by atoms with Crippen LogP contribution in [0, 0.1) is 0 Å². The van der Waals surface area contributed by atoms with Gasteiger partial charge in [0.2, 0.25) is 0 Å². The van der Waals surface area contributed by atoms with Gasteiger partial charge in [0, 0.05) is 0 Å². The Hall–Kier alpha value is 0.266. The molecule has 0 fully saturated rings. The van der Waals surface area contributed by atoms with E-state index in [2.05, 4.69) is 65.8 Å². The molecule has 1 rings (SSSR count). The van der Waals surface area contributed by atoms with Crippen molar-refractivity contribution in [3.63, 3.8) is 0 Å². The molecule has 0 atom stereocenters. The third kappa shape index (κ3) is 7.32. The first-order valence-electron chi connectivity index (χ1n) is 5.94. The smallest absolute Gasteiger partial charge is 0.421 e. The zero-order valence-electron chi connectivity index (χ0n) is 11.8. The van der Waals surface area contributed by atoms with Crippen LogP contribution in [-0.2, 0) is 0 Å². The van der Waals surface area contributed by atoms with Crippen molar-refractivity contribution in [3.05, 3.63) is 24.3 Å². The van der Waals surface area contributed by atoms with E-state index in [0.29, 0.717) is 3.54 Å². The fourth-order valence-corrected chi connectivity index (χ4v) is 3.41. The molecule has 1 aromatic rings. The minimum absolute atomic E-state index is 0. The molecular formula is C14H23BrMgO. The van der Waals surface area contributed by atoms with E-state index in [4.69, 9.17) is 4.74 Å². The molecule has 0 aliphatic heterocycles. The minimum atomic E-state index is -0.296. The summed E-state index contributed by atoms with van der Waals surface area (Å²) in [4.78, 5) is 0. The van der Waals surface area contributed by atoms with Crippen molar-refractivity contribution in [2.45, 2.75) is 50.7 Å². The number of ether oxygens (including phenoxy) is 1. The molecule has 1 aromatic carbocycles. The number of benzene rings is 1. The van der Waals surface area contributed by atoms with Crippen LogP contribution in [0.15, 0.2) is 24.3 Å². The van der Waals surface area contributed by atoms with Gasteiger partial charge in [0.25, 0.3) is 0 Å². The average molecular weight is 312 g/mol. The van der Waals surface area contributed by atoms with Crippen LogP contribution in [0.25, 0.3) is 0 Å². The zero-order valence-corrected chi connectivity index (χ0v) is 15.0. The van der Waals surface area contributed by atoms with Crippen LogP contribution in [-0.4, -0.2) is 26.0 Å². The van der Waals surface area contributed by atoms with Crippen LogP contribution in [0.3, 0.4) is 0 Å². The van der Waals surface area contributed by atoms with E-state index in [1.807, 2.05) is 0 Å². The fraction of sp³-hybridized carbons (Fsp3) is 0.571. The number of hydrogen-bond donors (Lipinski definition) is 0. The monoisotopic (exact) mass is 310 g/mol. The molecule has 94 valence electrons. The summed E-state index contributed by atoms with van der Waals surface area (Å²) < 4.78 is 7.88. The summed E-state index contributed by atoms with van der Waals surface area (Å²) in [5.74, 6) is 1.08. The van der Waals surface area contributed by atoms with Crippen molar-refractivity contribution in [2.24, 2.45) is 0 Å². The van der Waals surface area contributed by atoms with Gasteiger partial charge in [0.1, 0.15) is 5.60 Å². The summed E-state index contributed by atoms with van der Waals surface area (Å²) in [6.45, 7) is 13.2. The van der Waals surface area contributed by atoms with Gasteiger partial charge in [0.15, 0.2) is 0 Å². The standard InChI is InChI=1S/C10H13O.C4H9.BrH.Mg/c1-10(2,3)11-9-7-5-4-6-8-9;1-4(2)3;;/h4-7H,1-3H3;1-3H3;1H;. The van der Waals surface area contributed by atoms with Crippen LogP contribution in [0.5, 0.6) is 5.75 Å². The molecule has 0 radical (unpaired) electrons. The molecule has 0 aromatic heterocycles. The van der Waals surface area contributed by atoms with Gasteiger partial charge >= 0.3 is 20.4 Å². The van der Waals surface area contributed by atoms with Crippen LogP contribution in [0.4, 0.5) is 0 Å². The Morgan fingerprint density at radius 3 is 1.94 bits per heavy atom. The number of halogens is 1. The zero-order chi connectivity index (χ0) is 12.4. The summed E-state index contributed by atoms with van der Waals surface area (Å²) in [6.07, 6.45) is 0. The maximum absolute atomic E-state index is 6.01. The van der Waals surface area contributed by atoms with Gasteiger partial charge in [-0.2, -0.15) is 0 Å². The van der Waals surface area contributed by atoms with Gasteiger partial charge in [-0.1, -0.05) is 39.0 Å². The van der Waals surface area contributed by atoms with Gasteiger partial charge in [-0.15, -0.1) is 24.2 Å². The predicted molar refractivity (Wildman–Crippen MR) is 82.2 cm³/mol. The first-order chi connectivity index (χ1) is 7.17. The van der Waals surface area contributed by atoms with Crippen molar-refractivity contribution >= 4 is 41.0 Å². The molecule has 17 heavy (non-hydrogen) atoms. The lowest BCUT2D eigenvalue weighted by molar-refractivity contribution is 0.132. The Labute approximate surface area is 126 Å². The Kier molecular flexibility index (Phi) is 6.54. The molecule has 0 saturated carbocycles. The van der Waals surface area contributed by atoms with E-state index in [0.717, 1.165) is 5.75 Å². The van der Waals surface area contributed by atoms with Crippen molar-refractivity contribution < 1.29 is 4.74 Å². The van der Waals surface area contributed by atoms with E-state index in [9.17, 15) is 0 Å². The van der Waals surface area contributed by atoms with Gasteiger partial charge < -0.3 is 4.74 Å². The van der Waals surface area contributed by atoms with Crippen LogP contribution in [0.1, 0.15) is 41.5 Å². The van der Waals surface area contributed by atoms with Gasteiger partial charge in [-0.25, -0.2) is 0 Å². The summed E-state index contributed by atoms with van der Waals surface area (Å²) in [6, 6.07) is 8.49. The molecule has 0 aliphatic rings. The highest BCUT2D eigenvalue weighted by molar-refractivity contribution is 8.93. The van der Waals surface area contributed by atoms with Gasteiger partial charge in [-0.05, 0) is 26.8 Å². The quantitative estimate of drug-likeness (QED) is 0.750. The SMILES string of the molecule is Br.CC(C)(C)Oc1cccc[c]1[Mg][C](C)(C)C. The number of rotatable bonds is 2. The van der Waals surface area contributed by atoms with Crippen LogP contribution in [0.2, 0.25) is 3.54 Å². The Morgan fingerprint density at radius 1 is 0.941 bits per heavy atom. The Balaban J connectivity index is 0.00000256. The summed E-state index contributed by atoms with van der Waals surface area (Å²) in [5.41, 5.74) is -0.109. The van der Waals surface area contributed by atoms with E-state index in [-0.39, 0.29) is 42.9 Å². The highest BCUT2D eigenvalue weighted by Crippen LogP contribution is 2.23. The second-order valence-corrected chi connectivity index (χ2v) is 9.80. The lowest BCUT2D eigenvalue weighted by Gasteiger charge is -2.25. The van der Waals surface area contributed by atoms with Gasteiger partial charge in [0.05, 0.1) is 5.75 Å². The molecule has 0 unspecified atom stereocenters. The third-order valence-electron chi connectivity index (χ3n) is 2.11. The lowest BCUT2D eigenvalue weighted by Crippen LogP contribution is -2.30. The Morgan fingerprint density at radius 2 is 1.47 bits per heavy atom. The third-order valence-corrected chi connectivity index (χ3v) is 4.14. The second kappa shape index (κ2) is 6.44. The molecule has 1 nitrogen and oxygen atoms in total. The van der Waals surface area contributed by atoms with Crippen molar-refractivity contribution in [3.8, 4) is 5.75 Å². The molecule has 0 saturated heterocycles. The number of hydrogen-bond acceptors (Lipinski definition) is 1. The fourth-order valence-electron chi connectivity index (χ4n) is 1.65. The van der Waals surface area contributed by atoms with E-state index >= 15 is 0 Å². The Bertz CT molecular complexity index is 315. The van der Waals surface area contributed by atoms with E-state index in [1.165, 1.54) is 3.69 Å². The van der Waals surface area contributed by atoms with Crippen molar-refractivity contribution in [1.82, 2.24) is 0 Å². The summed E-state index contributed by atoms with van der Waals surface area (Å²) in [7, 11) is 0. The van der Waals surface area contributed by atoms with Crippen molar-refractivity contribution in [2.75, 3.05) is 0 Å². The molecule has 3 heteroatoms. The number of para-hydroxylation sites is 1. The molecule has 0 bridgehead atoms. The summed E-state index contributed by atoms with van der Waals surface area (Å²) in [5, 5.41) is 0. The van der Waals surface area contributed by atoms with Crippen molar-refractivity contribution in [1.29, 1.82) is 0 Å². The molecular weight excluding hydrogens is 288 g/mol. The lowest BCUT2D eigenvalue weighted by atomic mass is 10.2. The summed E-state index contributed by atoms with van der Waals surface area (Å²) >= 11 is -0.296. The first-order valence-corrected chi connectivity index (χ1v) is 7.36. The maximum Gasteiger partial charge on any atom is 0.421 e. The van der Waals surface area contributed by atoms with Gasteiger partial charge in [-0.3, -0.25) is 0 Å². The normalized spacial score (nSPS) is 11.4. The molecule has 0 aliphatic carbocycles. The van der Waals surface area contributed by atoms with Crippen LogP contribution < -0.4 is 8.43 Å². The largest absolute Gasteiger partial charge is 0.491 e. The highest BCUT2D eigenvalue weighted by atomic mass is 79.9. The highest BCUT2D eigenvalue weighted by Gasteiger charge is 2.21. The second-order valence-electron chi connectivity index (χ2n) is 6.56. The van der Waals surface area contributed by atoms with Crippen LogP contribution >= 0.6 is 17.0 Å². The molecule has 0 N–H and O–H groups in total. The molecule has 0 spiro atoms. The first kappa shape index (κ1) is 17.3. The molecule has 0 amide bonds. The predicted octanol–water partition coefficient (Wildman–Crippen LogP) is 3.99.